The molecule has 33 heavy (non-hydrogen) atoms. The molecule has 0 spiro atoms. The Balaban J connectivity index is 1.30. The highest BCUT2D eigenvalue weighted by atomic mass is 16.5. The fraction of sp³-hybridized carbons (Fsp3) is 0.520. The fourth-order valence-corrected chi connectivity index (χ4v) is 5.04. The van der Waals surface area contributed by atoms with Gasteiger partial charge in [0.15, 0.2) is 0 Å². The standard InChI is InChI=1S/C25H32N6O2/c1-3-31-22-9-5-4-8-21(22)28-23(31)17-29-10-6-7-19(16-29)24-26-15-20(18(2)27-24)25(32)30-11-13-33-14-12-30/h4-5,8-9,15,19H,3,6-7,10-14,16-17H2,1-2H3/t19-/m0/s1. The molecular weight excluding hydrogens is 416 g/mol. The maximum Gasteiger partial charge on any atom is 0.257 e. The molecule has 2 aromatic heterocycles. The summed E-state index contributed by atoms with van der Waals surface area (Å²) in [5.74, 6) is 2.23. The lowest BCUT2D eigenvalue weighted by Crippen LogP contribution is -2.41. The maximum absolute atomic E-state index is 12.9. The summed E-state index contributed by atoms with van der Waals surface area (Å²) in [7, 11) is 0. The van der Waals surface area contributed by atoms with Crippen LogP contribution in [-0.2, 0) is 17.8 Å². The van der Waals surface area contributed by atoms with Crippen molar-refractivity contribution in [3.8, 4) is 0 Å². The van der Waals surface area contributed by atoms with Crippen LogP contribution in [0.2, 0.25) is 0 Å². The quantitative estimate of drug-likeness (QED) is 0.597. The SMILES string of the molecule is CCn1c(CN2CCC[C@H](c3ncc(C(=O)N4CCOCC4)c(C)n3)C2)nc2ccccc21. The summed E-state index contributed by atoms with van der Waals surface area (Å²) in [6.45, 7) is 10.2. The number of rotatable bonds is 5. The van der Waals surface area contributed by atoms with Crippen molar-refractivity contribution >= 4 is 16.9 Å². The number of likely N-dealkylation sites (tertiary alicyclic amines) is 1. The van der Waals surface area contributed by atoms with E-state index in [-0.39, 0.29) is 11.8 Å². The topological polar surface area (TPSA) is 76.4 Å². The van der Waals surface area contributed by atoms with Crippen molar-refractivity contribution in [3.63, 3.8) is 0 Å². The molecule has 0 saturated carbocycles. The zero-order valence-corrected chi connectivity index (χ0v) is 19.5. The van der Waals surface area contributed by atoms with Crippen molar-refractivity contribution in [2.24, 2.45) is 0 Å². The van der Waals surface area contributed by atoms with Crippen LogP contribution < -0.4 is 0 Å². The van der Waals surface area contributed by atoms with E-state index >= 15 is 0 Å². The van der Waals surface area contributed by atoms with E-state index in [1.807, 2.05) is 17.9 Å². The van der Waals surface area contributed by atoms with E-state index in [1.54, 1.807) is 6.20 Å². The van der Waals surface area contributed by atoms with Gasteiger partial charge in [-0.2, -0.15) is 0 Å². The average Bonchev–Trinajstić information content (AvgIpc) is 3.21. The van der Waals surface area contributed by atoms with Gasteiger partial charge >= 0.3 is 0 Å². The van der Waals surface area contributed by atoms with Crippen LogP contribution in [0.25, 0.3) is 11.0 Å². The Kier molecular flexibility index (Phi) is 6.37. The van der Waals surface area contributed by atoms with Gasteiger partial charge in [-0.25, -0.2) is 15.0 Å². The van der Waals surface area contributed by atoms with Crippen molar-refractivity contribution in [3.05, 3.63) is 53.4 Å². The fourth-order valence-electron chi connectivity index (χ4n) is 5.04. The molecule has 1 aromatic carbocycles. The first-order valence-corrected chi connectivity index (χ1v) is 12.0. The van der Waals surface area contributed by atoms with Crippen LogP contribution in [0.1, 0.15) is 53.4 Å². The lowest BCUT2D eigenvalue weighted by Gasteiger charge is -2.32. The minimum atomic E-state index is 0.00564. The van der Waals surface area contributed by atoms with E-state index in [0.717, 1.165) is 61.9 Å². The number of carbonyl (C=O) groups is 1. The normalized spacial score (nSPS) is 19.8. The number of aromatic nitrogens is 4. The molecule has 3 aromatic rings. The third-order valence-electron chi connectivity index (χ3n) is 6.81. The molecule has 2 saturated heterocycles. The Morgan fingerprint density at radius 1 is 1.15 bits per heavy atom. The van der Waals surface area contributed by atoms with Crippen molar-refractivity contribution in [1.29, 1.82) is 0 Å². The summed E-state index contributed by atoms with van der Waals surface area (Å²) < 4.78 is 7.67. The number of piperidine rings is 1. The van der Waals surface area contributed by atoms with Gasteiger partial charge in [0, 0.05) is 38.3 Å². The molecule has 2 aliphatic heterocycles. The summed E-state index contributed by atoms with van der Waals surface area (Å²) in [5, 5.41) is 0. The summed E-state index contributed by atoms with van der Waals surface area (Å²) in [4.78, 5) is 31.5. The number of benzene rings is 1. The molecule has 1 amide bonds. The number of imidazole rings is 1. The van der Waals surface area contributed by atoms with Crippen molar-refractivity contribution in [2.45, 2.75) is 45.7 Å². The highest BCUT2D eigenvalue weighted by Gasteiger charge is 2.27. The molecule has 2 fully saturated rings. The van der Waals surface area contributed by atoms with Gasteiger partial charge in [0.1, 0.15) is 11.6 Å². The number of carbonyl (C=O) groups excluding carboxylic acids is 1. The zero-order chi connectivity index (χ0) is 22.8. The molecule has 8 nitrogen and oxygen atoms in total. The van der Waals surface area contributed by atoms with Crippen LogP contribution in [0.5, 0.6) is 0 Å². The smallest absolute Gasteiger partial charge is 0.257 e. The Morgan fingerprint density at radius 3 is 2.76 bits per heavy atom. The van der Waals surface area contributed by atoms with Crippen LogP contribution in [0.4, 0.5) is 0 Å². The molecule has 0 N–H and O–H groups in total. The lowest BCUT2D eigenvalue weighted by atomic mass is 9.97. The number of hydrogen-bond acceptors (Lipinski definition) is 6. The minimum Gasteiger partial charge on any atom is -0.378 e. The molecule has 0 bridgehead atoms. The number of morpholine rings is 1. The molecule has 174 valence electrons. The molecule has 0 unspecified atom stereocenters. The summed E-state index contributed by atoms with van der Waals surface area (Å²) in [5.41, 5.74) is 3.62. The van der Waals surface area contributed by atoms with Crippen LogP contribution in [0, 0.1) is 6.92 Å². The van der Waals surface area contributed by atoms with Crippen molar-refractivity contribution in [2.75, 3.05) is 39.4 Å². The first-order chi connectivity index (χ1) is 16.1. The van der Waals surface area contributed by atoms with Crippen LogP contribution >= 0.6 is 0 Å². The molecule has 2 aliphatic rings. The number of hydrogen-bond donors (Lipinski definition) is 0. The number of amides is 1. The predicted molar refractivity (Wildman–Crippen MR) is 126 cm³/mol. The van der Waals surface area contributed by atoms with Crippen LogP contribution in [0.3, 0.4) is 0 Å². The lowest BCUT2D eigenvalue weighted by molar-refractivity contribution is 0.0301. The number of aryl methyl sites for hydroxylation is 2. The van der Waals surface area contributed by atoms with E-state index in [2.05, 4.69) is 39.6 Å². The monoisotopic (exact) mass is 448 g/mol. The summed E-state index contributed by atoms with van der Waals surface area (Å²) >= 11 is 0. The van der Waals surface area contributed by atoms with Gasteiger partial charge in [-0.05, 0) is 45.4 Å². The van der Waals surface area contributed by atoms with E-state index in [1.165, 1.54) is 5.52 Å². The molecule has 0 radical (unpaired) electrons. The highest BCUT2D eigenvalue weighted by Crippen LogP contribution is 2.27. The number of para-hydroxylation sites is 2. The van der Waals surface area contributed by atoms with Crippen molar-refractivity contribution in [1.82, 2.24) is 29.3 Å². The average molecular weight is 449 g/mol. The third-order valence-corrected chi connectivity index (χ3v) is 6.81. The second-order valence-corrected chi connectivity index (χ2v) is 8.97. The second-order valence-electron chi connectivity index (χ2n) is 8.97. The minimum absolute atomic E-state index is 0.00564. The largest absolute Gasteiger partial charge is 0.378 e. The molecule has 0 aliphatic carbocycles. The first kappa shape index (κ1) is 22.0. The Bertz CT molecular complexity index is 1140. The van der Waals surface area contributed by atoms with Gasteiger partial charge in [0.25, 0.3) is 5.91 Å². The Hall–Kier alpha value is -2.84. The zero-order valence-electron chi connectivity index (χ0n) is 19.5. The Labute approximate surface area is 194 Å². The summed E-state index contributed by atoms with van der Waals surface area (Å²) in [6, 6.07) is 8.35. The van der Waals surface area contributed by atoms with E-state index < -0.39 is 0 Å². The molecule has 4 heterocycles. The van der Waals surface area contributed by atoms with Gasteiger partial charge < -0.3 is 14.2 Å². The first-order valence-electron chi connectivity index (χ1n) is 12.0. The molecule has 1 atom stereocenters. The van der Waals surface area contributed by atoms with E-state index in [9.17, 15) is 4.79 Å². The Morgan fingerprint density at radius 2 is 1.97 bits per heavy atom. The number of ether oxygens (including phenoxy) is 1. The van der Waals surface area contributed by atoms with Gasteiger partial charge in [0.05, 0.1) is 42.0 Å². The van der Waals surface area contributed by atoms with Gasteiger partial charge in [-0.15, -0.1) is 0 Å². The second kappa shape index (κ2) is 9.57. The predicted octanol–water partition coefficient (Wildman–Crippen LogP) is 3.01. The van der Waals surface area contributed by atoms with Crippen LogP contribution in [0.15, 0.2) is 30.5 Å². The van der Waals surface area contributed by atoms with Crippen LogP contribution in [-0.4, -0.2) is 74.6 Å². The maximum atomic E-state index is 12.9. The van der Waals surface area contributed by atoms with E-state index in [4.69, 9.17) is 14.7 Å². The number of nitrogens with zero attached hydrogens (tertiary/aromatic N) is 6. The highest BCUT2D eigenvalue weighted by molar-refractivity contribution is 5.95. The van der Waals surface area contributed by atoms with E-state index in [0.29, 0.717) is 31.9 Å². The molecule has 5 rings (SSSR count). The van der Waals surface area contributed by atoms with Gasteiger partial charge in [0.2, 0.25) is 0 Å². The van der Waals surface area contributed by atoms with Crippen molar-refractivity contribution < 1.29 is 9.53 Å². The number of fused-ring (bicyclic) bond motifs is 1. The van der Waals surface area contributed by atoms with Gasteiger partial charge in [-0.3, -0.25) is 9.69 Å². The van der Waals surface area contributed by atoms with Gasteiger partial charge in [-0.1, -0.05) is 12.1 Å². The summed E-state index contributed by atoms with van der Waals surface area (Å²) in [6.07, 6.45) is 3.90. The molecule has 8 heteroatoms. The molecular formula is C25H32N6O2. The third kappa shape index (κ3) is 4.50.